The van der Waals surface area contributed by atoms with Gasteiger partial charge in [0, 0.05) is 20.3 Å². The number of nitrogens with zero attached hydrogens (tertiary/aromatic N) is 1. The number of hydrogen-bond donors (Lipinski definition) is 2. The van der Waals surface area contributed by atoms with Gasteiger partial charge in [-0.25, -0.2) is 0 Å². The molecule has 2 rings (SSSR count). The Labute approximate surface area is 126 Å². The van der Waals surface area contributed by atoms with Gasteiger partial charge in [-0.2, -0.15) is 0 Å². The lowest BCUT2D eigenvalue weighted by atomic mass is 9.67. The average Bonchev–Trinajstić information content (AvgIpc) is 2.46. The van der Waals surface area contributed by atoms with E-state index in [-0.39, 0.29) is 5.41 Å². The molecule has 0 saturated heterocycles. The van der Waals surface area contributed by atoms with Crippen LogP contribution in [0, 0.1) is 5.41 Å². The van der Waals surface area contributed by atoms with Crippen molar-refractivity contribution in [2.75, 3.05) is 32.7 Å². The van der Waals surface area contributed by atoms with E-state index in [4.69, 9.17) is 15.2 Å². The summed E-state index contributed by atoms with van der Waals surface area (Å²) >= 11 is 0. The fourth-order valence-electron chi connectivity index (χ4n) is 2.66. The first-order chi connectivity index (χ1) is 10.2. The topological polar surface area (TPSA) is 68.9 Å². The van der Waals surface area contributed by atoms with E-state index in [2.05, 4.69) is 10.3 Å². The molecule has 1 fully saturated rings. The van der Waals surface area contributed by atoms with E-state index in [1.807, 2.05) is 24.3 Å². The summed E-state index contributed by atoms with van der Waals surface area (Å²) in [7, 11) is 3.38. The quantitative estimate of drug-likeness (QED) is 0.598. The molecule has 3 N–H and O–H groups in total. The summed E-state index contributed by atoms with van der Waals surface area (Å²) in [6.45, 7) is 1.54. The molecule has 116 valence electrons. The van der Waals surface area contributed by atoms with Crippen LogP contribution in [0.4, 0.5) is 5.69 Å². The summed E-state index contributed by atoms with van der Waals surface area (Å²) in [6.07, 6.45) is 4.75. The third-order valence-corrected chi connectivity index (χ3v) is 4.21. The van der Waals surface area contributed by atoms with Gasteiger partial charge in [-0.3, -0.25) is 4.99 Å². The molecule has 0 spiro atoms. The van der Waals surface area contributed by atoms with E-state index in [1.165, 1.54) is 19.3 Å². The molecule has 1 aromatic carbocycles. The molecule has 1 aromatic rings. The van der Waals surface area contributed by atoms with E-state index < -0.39 is 0 Å². The number of hydrogen-bond acceptors (Lipinski definition) is 3. The smallest absolute Gasteiger partial charge is 0.193 e. The van der Waals surface area contributed by atoms with Crippen molar-refractivity contribution in [3.63, 3.8) is 0 Å². The second kappa shape index (κ2) is 7.31. The Morgan fingerprint density at radius 2 is 2.10 bits per heavy atom. The highest BCUT2D eigenvalue weighted by atomic mass is 16.5. The minimum absolute atomic E-state index is 0.281. The second-order valence-electron chi connectivity index (χ2n) is 5.62. The van der Waals surface area contributed by atoms with Gasteiger partial charge in [0.05, 0.1) is 12.8 Å². The number of aliphatic imine (C=N–C) groups is 1. The number of benzene rings is 1. The molecular weight excluding hydrogens is 266 g/mol. The molecule has 0 heterocycles. The highest BCUT2D eigenvalue weighted by Crippen LogP contribution is 2.44. The summed E-state index contributed by atoms with van der Waals surface area (Å²) in [6, 6.07) is 7.67. The molecular formula is C16H25N3O2. The lowest BCUT2D eigenvalue weighted by molar-refractivity contribution is 0.0780. The molecule has 5 nitrogen and oxygen atoms in total. The molecule has 1 aliphatic rings. The molecule has 0 radical (unpaired) electrons. The molecule has 0 unspecified atom stereocenters. The minimum atomic E-state index is 0.281. The number of anilines is 1. The van der Waals surface area contributed by atoms with Crippen molar-refractivity contribution in [3.05, 3.63) is 24.3 Å². The zero-order valence-electron chi connectivity index (χ0n) is 12.9. The van der Waals surface area contributed by atoms with Crippen LogP contribution < -0.4 is 15.8 Å². The van der Waals surface area contributed by atoms with Crippen molar-refractivity contribution in [1.29, 1.82) is 0 Å². The molecule has 0 bridgehead atoms. The summed E-state index contributed by atoms with van der Waals surface area (Å²) in [5, 5.41) is 3.11. The lowest BCUT2D eigenvalue weighted by Crippen LogP contribution is -2.35. The average molecular weight is 291 g/mol. The summed E-state index contributed by atoms with van der Waals surface area (Å²) in [5.41, 5.74) is 7.11. The third-order valence-electron chi connectivity index (χ3n) is 4.21. The Kier molecular flexibility index (Phi) is 5.44. The number of guanidine groups is 1. The predicted octanol–water partition coefficient (Wildman–Crippen LogP) is 2.63. The van der Waals surface area contributed by atoms with Crippen molar-refractivity contribution in [3.8, 4) is 5.75 Å². The Hall–Kier alpha value is -1.75. The lowest BCUT2D eigenvalue weighted by Gasteiger charge is -2.40. The first kappa shape index (κ1) is 15.6. The molecule has 0 aromatic heterocycles. The minimum Gasteiger partial charge on any atom is -0.495 e. The summed E-state index contributed by atoms with van der Waals surface area (Å²) in [4.78, 5) is 4.51. The van der Waals surface area contributed by atoms with E-state index in [0.717, 1.165) is 31.0 Å². The van der Waals surface area contributed by atoms with Crippen LogP contribution in [0.1, 0.15) is 25.7 Å². The van der Waals surface area contributed by atoms with E-state index >= 15 is 0 Å². The molecule has 1 aliphatic carbocycles. The van der Waals surface area contributed by atoms with Crippen LogP contribution in [-0.4, -0.2) is 33.3 Å². The van der Waals surface area contributed by atoms with Crippen molar-refractivity contribution >= 4 is 11.6 Å². The van der Waals surface area contributed by atoms with Gasteiger partial charge in [0.25, 0.3) is 0 Å². The number of nitrogens with one attached hydrogen (secondary N) is 1. The van der Waals surface area contributed by atoms with Gasteiger partial charge in [-0.1, -0.05) is 18.6 Å². The summed E-state index contributed by atoms with van der Waals surface area (Å²) < 4.78 is 10.5. The Morgan fingerprint density at radius 3 is 2.71 bits per heavy atom. The standard InChI is InChI=1S/C16H25N3O2/c1-20-11-10-16(8-5-9-16)12-18-15(17)19-13-6-3-4-7-14(13)21-2/h3-4,6-7H,5,8-12H2,1-2H3,(H3,17,18,19). The maximum absolute atomic E-state index is 6.00. The van der Waals surface area contributed by atoms with Crippen LogP contribution in [0.2, 0.25) is 0 Å². The number of ether oxygens (including phenoxy) is 2. The van der Waals surface area contributed by atoms with E-state index in [0.29, 0.717) is 5.96 Å². The van der Waals surface area contributed by atoms with E-state index in [1.54, 1.807) is 14.2 Å². The molecule has 0 atom stereocenters. The molecule has 0 aliphatic heterocycles. The van der Waals surface area contributed by atoms with Crippen LogP contribution in [0.3, 0.4) is 0 Å². The zero-order valence-corrected chi connectivity index (χ0v) is 12.9. The van der Waals surface area contributed by atoms with Crippen molar-refractivity contribution < 1.29 is 9.47 Å². The predicted molar refractivity (Wildman–Crippen MR) is 85.9 cm³/mol. The Morgan fingerprint density at radius 1 is 1.33 bits per heavy atom. The second-order valence-corrected chi connectivity index (χ2v) is 5.62. The van der Waals surface area contributed by atoms with Gasteiger partial charge in [0.1, 0.15) is 5.75 Å². The van der Waals surface area contributed by atoms with Crippen LogP contribution in [0.5, 0.6) is 5.75 Å². The van der Waals surface area contributed by atoms with Crippen molar-refractivity contribution in [1.82, 2.24) is 0 Å². The fourth-order valence-corrected chi connectivity index (χ4v) is 2.66. The highest BCUT2D eigenvalue weighted by molar-refractivity contribution is 5.93. The number of methoxy groups -OCH3 is 2. The first-order valence-corrected chi connectivity index (χ1v) is 7.38. The molecule has 1 saturated carbocycles. The molecule has 5 heteroatoms. The normalized spacial score (nSPS) is 17.1. The third kappa shape index (κ3) is 4.11. The highest BCUT2D eigenvalue weighted by Gasteiger charge is 2.36. The fraction of sp³-hybridized carbons (Fsp3) is 0.562. The largest absolute Gasteiger partial charge is 0.495 e. The Bertz CT molecular complexity index is 484. The molecule has 21 heavy (non-hydrogen) atoms. The van der Waals surface area contributed by atoms with Crippen molar-refractivity contribution in [2.24, 2.45) is 16.1 Å². The van der Waals surface area contributed by atoms with Gasteiger partial charge >= 0.3 is 0 Å². The SMILES string of the molecule is COCCC1(CN=C(N)Nc2ccccc2OC)CCC1. The number of nitrogens with two attached hydrogens (primary N) is 1. The van der Waals surface area contributed by atoms with Crippen LogP contribution >= 0.6 is 0 Å². The maximum Gasteiger partial charge on any atom is 0.193 e. The monoisotopic (exact) mass is 291 g/mol. The van der Waals surface area contributed by atoms with Crippen LogP contribution in [-0.2, 0) is 4.74 Å². The van der Waals surface area contributed by atoms with Crippen molar-refractivity contribution in [2.45, 2.75) is 25.7 Å². The van der Waals surface area contributed by atoms with Gasteiger partial charge in [0.2, 0.25) is 0 Å². The van der Waals surface area contributed by atoms with E-state index in [9.17, 15) is 0 Å². The van der Waals surface area contributed by atoms with Crippen LogP contribution in [0.15, 0.2) is 29.3 Å². The zero-order chi connectivity index (χ0) is 15.1. The first-order valence-electron chi connectivity index (χ1n) is 7.38. The van der Waals surface area contributed by atoms with Gasteiger partial charge in [-0.05, 0) is 36.8 Å². The van der Waals surface area contributed by atoms with Crippen LogP contribution in [0.25, 0.3) is 0 Å². The van der Waals surface area contributed by atoms with Gasteiger partial charge < -0.3 is 20.5 Å². The number of rotatable bonds is 7. The Balaban J connectivity index is 1.94. The van der Waals surface area contributed by atoms with Gasteiger partial charge in [0.15, 0.2) is 5.96 Å². The van der Waals surface area contributed by atoms with Gasteiger partial charge in [-0.15, -0.1) is 0 Å². The maximum atomic E-state index is 6.00. The summed E-state index contributed by atoms with van der Waals surface area (Å²) in [5.74, 6) is 1.19. The molecule has 0 amide bonds. The number of para-hydroxylation sites is 2.